The van der Waals surface area contributed by atoms with Crippen molar-refractivity contribution < 1.29 is 4.79 Å². The highest BCUT2D eigenvalue weighted by molar-refractivity contribution is 5.95. The molecule has 0 saturated heterocycles. The molecule has 2 rings (SSSR count). The molecule has 1 atom stereocenters. The van der Waals surface area contributed by atoms with Gasteiger partial charge in [-0.05, 0) is 48.9 Å². The van der Waals surface area contributed by atoms with Gasteiger partial charge in [-0.2, -0.15) is 0 Å². The second-order valence-electron chi connectivity index (χ2n) is 6.33. The summed E-state index contributed by atoms with van der Waals surface area (Å²) in [5.41, 5.74) is 8.36. The molecule has 19 heavy (non-hydrogen) atoms. The van der Waals surface area contributed by atoms with E-state index in [4.69, 9.17) is 5.73 Å². The van der Waals surface area contributed by atoms with Crippen molar-refractivity contribution in [1.29, 1.82) is 0 Å². The molecular weight excluding hydrogens is 236 g/mol. The fourth-order valence-corrected chi connectivity index (χ4v) is 2.82. The average molecular weight is 260 g/mol. The molecule has 0 aromatic heterocycles. The molecule has 0 bridgehead atoms. The van der Waals surface area contributed by atoms with Crippen molar-refractivity contribution in [2.24, 2.45) is 5.41 Å². The lowest BCUT2D eigenvalue weighted by Crippen LogP contribution is -2.46. The van der Waals surface area contributed by atoms with Gasteiger partial charge in [-0.3, -0.25) is 4.79 Å². The van der Waals surface area contributed by atoms with Gasteiger partial charge in [0.1, 0.15) is 0 Å². The number of hydrogen-bond donors (Lipinski definition) is 2. The maximum atomic E-state index is 12.3. The number of benzene rings is 1. The van der Waals surface area contributed by atoms with Crippen LogP contribution in [0.2, 0.25) is 0 Å². The van der Waals surface area contributed by atoms with Gasteiger partial charge in [0.25, 0.3) is 5.91 Å². The Morgan fingerprint density at radius 2 is 2.11 bits per heavy atom. The Morgan fingerprint density at radius 1 is 1.37 bits per heavy atom. The molecule has 1 saturated carbocycles. The third-order valence-electron chi connectivity index (χ3n) is 4.34. The molecule has 3 N–H and O–H groups in total. The molecule has 1 aliphatic rings. The zero-order chi connectivity index (χ0) is 14.0. The number of nitrogen functional groups attached to an aromatic ring is 1. The first-order valence-corrected chi connectivity index (χ1v) is 7.07. The molecule has 0 radical (unpaired) electrons. The minimum atomic E-state index is 0.0167. The summed E-state index contributed by atoms with van der Waals surface area (Å²) in [5.74, 6) is 0.0167. The molecule has 0 spiro atoms. The largest absolute Gasteiger partial charge is 0.399 e. The van der Waals surface area contributed by atoms with Crippen LogP contribution in [-0.4, -0.2) is 11.9 Å². The first-order chi connectivity index (χ1) is 8.90. The number of amides is 1. The fraction of sp³-hybridized carbons (Fsp3) is 0.562. The Morgan fingerprint density at radius 3 is 2.74 bits per heavy atom. The van der Waals surface area contributed by atoms with E-state index in [1.807, 2.05) is 13.0 Å². The number of anilines is 1. The Hall–Kier alpha value is -1.51. The third-order valence-corrected chi connectivity index (χ3v) is 4.34. The van der Waals surface area contributed by atoms with Gasteiger partial charge in [0.2, 0.25) is 0 Å². The Labute approximate surface area is 115 Å². The van der Waals surface area contributed by atoms with E-state index in [2.05, 4.69) is 19.2 Å². The second-order valence-corrected chi connectivity index (χ2v) is 6.33. The summed E-state index contributed by atoms with van der Waals surface area (Å²) in [5, 5.41) is 3.19. The summed E-state index contributed by atoms with van der Waals surface area (Å²) in [7, 11) is 0. The van der Waals surface area contributed by atoms with Crippen LogP contribution in [0.5, 0.6) is 0 Å². The van der Waals surface area contributed by atoms with Crippen molar-refractivity contribution in [3.8, 4) is 0 Å². The van der Waals surface area contributed by atoms with Crippen LogP contribution < -0.4 is 11.1 Å². The molecule has 3 nitrogen and oxygen atoms in total. The first-order valence-electron chi connectivity index (χ1n) is 7.07. The molecule has 1 aromatic carbocycles. The van der Waals surface area contributed by atoms with Crippen LogP contribution in [0.15, 0.2) is 18.2 Å². The van der Waals surface area contributed by atoms with E-state index >= 15 is 0 Å². The predicted octanol–water partition coefficient (Wildman–Crippen LogP) is 3.28. The highest BCUT2D eigenvalue weighted by Gasteiger charge is 2.33. The summed E-state index contributed by atoms with van der Waals surface area (Å²) in [6.07, 6.45) is 4.72. The maximum absolute atomic E-state index is 12.3. The molecule has 0 aliphatic heterocycles. The number of rotatable bonds is 2. The lowest BCUT2D eigenvalue weighted by Gasteiger charge is -2.39. The molecule has 1 fully saturated rings. The van der Waals surface area contributed by atoms with Gasteiger partial charge in [0, 0.05) is 17.3 Å². The Kier molecular flexibility index (Phi) is 3.83. The van der Waals surface area contributed by atoms with Gasteiger partial charge < -0.3 is 11.1 Å². The standard InChI is InChI=1S/C16H24N2O/c1-11-10-12(7-8-13(11)17)15(19)18-14-6-4-5-9-16(14,2)3/h7-8,10,14H,4-6,9,17H2,1-3H3,(H,18,19). The highest BCUT2D eigenvalue weighted by atomic mass is 16.1. The highest BCUT2D eigenvalue weighted by Crippen LogP contribution is 2.35. The van der Waals surface area contributed by atoms with Gasteiger partial charge in [-0.25, -0.2) is 0 Å². The van der Waals surface area contributed by atoms with Crippen molar-refractivity contribution in [1.82, 2.24) is 5.32 Å². The van der Waals surface area contributed by atoms with Gasteiger partial charge in [0.05, 0.1) is 0 Å². The van der Waals surface area contributed by atoms with Gasteiger partial charge in [-0.1, -0.05) is 26.7 Å². The molecule has 104 valence electrons. The minimum Gasteiger partial charge on any atom is -0.399 e. The van der Waals surface area contributed by atoms with Gasteiger partial charge in [0.15, 0.2) is 0 Å². The van der Waals surface area contributed by atoms with Crippen LogP contribution in [0.3, 0.4) is 0 Å². The van der Waals surface area contributed by atoms with E-state index < -0.39 is 0 Å². The van der Waals surface area contributed by atoms with E-state index in [9.17, 15) is 4.79 Å². The van der Waals surface area contributed by atoms with Crippen molar-refractivity contribution in [3.63, 3.8) is 0 Å². The zero-order valence-electron chi connectivity index (χ0n) is 12.1. The molecular formula is C16H24N2O. The van der Waals surface area contributed by atoms with E-state index in [-0.39, 0.29) is 17.4 Å². The topological polar surface area (TPSA) is 55.1 Å². The number of nitrogens with two attached hydrogens (primary N) is 1. The summed E-state index contributed by atoms with van der Waals surface area (Å²) in [4.78, 5) is 12.3. The van der Waals surface area contributed by atoms with Crippen LogP contribution in [0.25, 0.3) is 0 Å². The minimum absolute atomic E-state index is 0.0167. The van der Waals surface area contributed by atoms with E-state index in [1.54, 1.807) is 12.1 Å². The third kappa shape index (κ3) is 3.09. The smallest absolute Gasteiger partial charge is 0.251 e. The normalized spacial score (nSPS) is 21.9. The van der Waals surface area contributed by atoms with Crippen molar-refractivity contribution in [2.75, 3.05) is 5.73 Å². The predicted molar refractivity (Wildman–Crippen MR) is 79.1 cm³/mol. The first kappa shape index (κ1) is 13.9. The fourth-order valence-electron chi connectivity index (χ4n) is 2.82. The number of carbonyl (C=O) groups is 1. The number of nitrogens with one attached hydrogen (secondary N) is 1. The van der Waals surface area contributed by atoms with E-state index in [0.717, 1.165) is 17.7 Å². The number of hydrogen-bond acceptors (Lipinski definition) is 2. The summed E-state index contributed by atoms with van der Waals surface area (Å²) >= 11 is 0. The summed E-state index contributed by atoms with van der Waals surface area (Å²) < 4.78 is 0. The van der Waals surface area contributed by atoms with Crippen LogP contribution in [0.4, 0.5) is 5.69 Å². The lowest BCUT2D eigenvalue weighted by atomic mass is 9.73. The maximum Gasteiger partial charge on any atom is 0.251 e. The molecule has 3 heteroatoms. The number of aryl methyl sites for hydroxylation is 1. The van der Waals surface area contributed by atoms with Crippen molar-refractivity contribution >= 4 is 11.6 Å². The zero-order valence-corrected chi connectivity index (χ0v) is 12.1. The van der Waals surface area contributed by atoms with E-state index in [1.165, 1.54) is 19.3 Å². The van der Waals surface area contributed by atoms with Gasteiger partial charge >= 0.3 is 0 Å². The second kappa shape index (κ2) is 5.24. The van der Waals surface area contributed by atoms with Crippen LogP contribution in [-0.2, 0) is 0 Å². The number of carbonyl (C=O) groups excluding carboxylic acids is 1. The van der Waals surface area contributed by atoms with Crippen molar-refractivity contribution in [3.05, 3.63) is 29.3 Å². The molecule has 1 aromatic rings. The van der Waals surface area contributed by atoms with Crippen LogP contribution in [0, 0.1) is 12.3 Å². The quantitative estimate of drug-likeness (QED) is 0.802. The van der Waals surface area contributed by atoms with Gasteiger partial charge in [-0.15, -0.1) is 0 Å². The van der Waals surface area contributed by atoms with Crippen LogP contribution in [0.1, 0.15) is 55.5 Å². The summed E-state index contributed by atoms with van der Waals surface area (Å²) in [6, 6.07) is 5.73. The lowest BCUT2D eigenvalue weighted by molar-refractivity contribution is 0.0853. The monoisotopic (exact) mass is 260 g/mol. The Bertz CT molecular complexity index is 480. The SMILES string of the molecule is Cc1cc(C(=O)NC2CCCCC2(C)C)ccc1N. The summed E-state index contributed by atoms with van der Waals surface area (Å²) in [6.45, 7) is 6.41. The van der Waals surface area contributed by atoms with E-state index in [0.29, 0.717) is 5.56 Å². The average Bonchev–Trinajstić information content (AvgIpc) is 2.35. The Balaban J connectivity index is 2.10. The molecule has 1 aliphatic carbocycles. The van der Waals surface area contributed by atoms with Crippen molar-refractivity contribution in [2.45, 2.75) is 52.5 Å². The van der Waals surface area contributed by atoms with Crippen LogP contribution >= 0.6 is 0 Å². The molecule has 1 amide bonds. The molecule has 1 unspecified atom stereocenters. The molecule has 0 heterocycles.